The molecule has 0 heterocycles. The largest absolute Gasteiger partial charge is 0.497 e. The second kappa shape index (κ2) is 8.19. The molecule has 122 valence electrons. The molecule has 0 radical (unpaired) electrons. The zero-order valence-electron chi connectivity index (χ0n) is 13.4. The average molecular weight is 314 g/mol. The molecule has 0 fully saturated rings. The number of hydrogen-bond acceptors (Lipinski definition) is 4. The molecule has 5 nitrogen and oxygen atoms in total. The van der Waals surface area contributed by atoms with Crippen molar-refractivity contribution in [2.24, 2.45) is 5.73 Å². The summed E-state index contributed by atoms with van der Waals surface area (Å²) in [4.78, 5) is 11.8. The first-order valence-electron chi connectivity index (χ1n) is 7.54. The molecule has 1 atom stereocenters. The molecule has 2 rings (SSSR count). The molecule has 0 saturated carbocycles. The molecule has 1 amide bonds. The fraction of sp³-hybridized carbons (Fsp3) is 0.278. The van der Waals surface area contributed by atoms with Crippen molar-refractivity contribution >= 4 is 11.6 Å². The summed E-state index contributed by atoms with van der Waals surface area (Å²) in [6, 6.07) is 14.6. The summed E-state index contributed by atoms with van der Waals surface area (Å²) in [5.74, 6) is 2.08. The molecule has 2 aromatic rings. The number of carbonyl (C=O) groups is 1. The minimum absolute atomic E-state index is 0.0272. The highest BCUT2D eigenvalue weighted by atomic mass is 16.5. The Morgan fingerprint density at radius 2 is 1.83 bits per heavy atom. The summed E-state index contributed by atoms with van der Waals surface area (Å²) in [7, 11) is 1.61. The number of rotatable bonds is 7. The van der Waals surface area contributed by atoms with Crippen LogP contribution in [0.5, 0.6) is 17.2 Å². The van der Waals surface area contributed by atoms with Crippen LogP contribution >= 0.6 is 0 Å². The van der Waals surface area contributed by atoms with E-state index in [0.717, 1.165) is 11.4 Å². The van der Waals surface area contributed by atoms with Gasteiger partial charge in [-0.2, -0.15) is 0 Å². The Bertz CT molecular complexity index is 639. The molecule has 23 heavy (non-hydrogen) atoms. The summed E-state index contributed by atoms with van der Waals surface area (Å²) in [6.07, 6.45) is 1.09. The first-order valence-corrected chi connectivity index (χ1v) is 7.54. The van der Waals surface area contributed by atoms with Gasteiger partial charge in [-0.05, 0) is 49.7 Å². The average Bonchev–Trinajstić information content (AvgIpc) is 2.55. The van der Waals surface area contributed by atoms with E-state index in [0.29, 0.717) is 24.3 Å². The molecule has 0 aromatic heterocycles. The highest BCUT2D eigenvalue weighted by Crippen LogP contribution is 2.26. The van der Waals surface area contributed by atoms with Gasteiger partial charge in [-0.15, -0.1) is 0 Å². The Morgan fingerprint density at radius 3 is 2.48 bits per heavy atom. The van der Waals surface area contributed by atoms with E-state index in [-0.39, 0.29) is 11.9 Å². The topological polar surface area (TPSA) is 73.6 Å². The summed E-state index contributed by atoms with van der Waals surface area (Å²) in [5, 5.41) is 2.84. The van der Waals surface area contributed by atoms with Crippen LogP contribution in [-0.2, 0) is 4.79 Å². The van der Waals surface area contributed by atoms with Crippen LogP contribution in [0.1, 0.15) is 19.8 Å². The van der Waals surface area contributed by atoms with E-state index >= 15 is 0 Å². The van der Waals surface area contributed by atoms with Gasteiger partial charge in [0.05, 0.1) is 7.11 Å². The predicted molar refractivity (Wildman–Crippen MR) is 91.0 cm³/mol. The number of carbonyl (C=O) groups excluding carboxylic acids is 1. The Balaban J connectivity index is 1.92. The van der Waals surface area contributed by atoms with Crippen LogP contribution in [0.2, 0.25) is 0 Å². The van der Waals surface area contributed by atoms with Crippen LogP contribution in [-0.4, -0.2) is 19.1 Å². The van der Waals surface area contributed by atoms with E-state index in [4.69, 9.17) is 15.2 Å². The van der Waals surface area contributed by atoms with Gasteiger partial charge in [0, 0.05) is 24.2 Å². The highest BCUT2D eigenvalue weighted by molar-refractivity contribution is 5.90. The normalized spacial score (nSPS) is 11.6. The Morgan fingerprint density at radius 1 is 1.13 bits per heavy atom. The Labute approximate surface area is 136 Å². The van der Waals surface area contributed by atoms with Crippen LogP contribution in [0.25, 0.3) is 0 Å². The van der Waals surface area contributed by atoms with Crippen molar-refractivity contribution in [3.63, 3.8) is 0 Å². The predicted octanol–water partition coefficient (Wildman–Crippen LogP) is 3.55. The minimum atomic E-state index is -0.0382. The maximum atomic E-state index is 11.8. The van der Waals surface area contributed by atoms with E-state index < -0.39 is 0 Å². The first kappa shape index (κ1) is 16.8. The maximum absolute atomic E-state index is 11.8. The molecule has 3 N–H and O–H groups in total. The van der Waals surface area contributed by atoms with Crippen molar-refractivity contribution in [3.8, 4) is 17.2 Å². The van der Waals surface area contributed by atoms with Crippen LogP contribution in [0.15, 0.2) is 48.5 Å². The van der Waals surface area contributed by atoms with Crippen molar-refractivity contribution in [1.29, 1.82) is 0 Å². The Kier molecular flexibility index (Phi) is 6.00. The third-order valence-electron chi connectivity index (χ3n) is 3.24. The number of ether oxygens (including phenoxy) is 2. The monoisotopic (exact) mass is 314 g/mol. The fourth-order valence-corrected chi connectivity index (χ4v) is 1.99. The van der Waals surface area contributed by atoms with Crippen molar-refractivity contribution in [1.82, 2.24) is 0 Å². The number of methoxy groups -OCH3 is 1. The molecule has 1 unspecified atom stereocenters. The zero-order valence-corrected chi connectivity index (χ0v) is 13.4. The summed E-state index contributed by atoms with van der Waals surface area (Å²) < 4.78 is 10.9. The summed E-state index contributed by atoms with van der Waals surface area (Å²) >= 11 is 0. The lowest BCUT2D eigenvalue weighted by atomic mass is 10.2. The standard InChI is InChI=1S/C18H22N2O3/c1-13(19)6-11-18(21)20-14-7-9-15(10-8-14)23-17-5-3-4-16(12-17)22-2/h3-5,7-10,12-13H,6,11,19H2,1-2H3,(H,20,21). The second-order valence-electron chi connectivity index (χ2n) is 5.37. The molecule has 0 aliphatic carbocycles. The number of nitrogens with one attached hydrogen (secondary N) is 1. The number of amides is 1. The van der Waals surface area contributed by atoms with Crippen molar-refractivity contribution in [3.05, 3.63) is 48.5 Å². The molecule has 2 aromatic carbocycles. The summed E-state index contributed by atoms with van der Waals surface area (Å²) in [6.45, 7) is 1.89. The minimum Gasteiger partial charge on any atom is -0.497 e. The van der Waals surface area contributed by atoms with Gasteiger partial charge in [0.25, 0.3) is 0 Å². The number of nitrogens with two attached hydrogens (primary N) is 1. The van der Waals surface area contributed by atoms with Gasteiger partial charge in [-0.1, -0.05) is 6.07 Å². The first-order chi connectivity index (χ1) is 11.1. The molecule has 0 saturated heterocycles. The van der Waals surface area contributed by atoms with Gasteiger partial charge in [-0.25, -0.2) is 0 Å². The van der Waals surface area contributed by atoms with Crippen LogP contribution in [0, 0.1) is 0 Å². The molecular formula is C18H22N2O3. The van der Waals surface area contributed by atoms with Gasteiger partial charge in [0.2, 0.25) is 5.91 Å². The smallest absolute Gasteiger partial charge is 0.224 e. The van der Waals surface area contributed by atoms with E-state index in [2.05, 4.69) is 5.32 Å². The van der Waals surface area contributed by atoms with Crippen LogP contribution < -0.4 is 20.5 Å². The number of hydrogen-bond donors (Lipinski definition) is 2. The molecule has 0 bridgehead atoms. The Hall–Kier alpha value is -2.53. The highest BCUT2D eigenvalue weighted by Gasteiger charge is 2.05. The van der Waals surface area contributed by atoms with E-state index in [1.165, 1.54) is 0 Å². The lowest BCUT2D eigenvalue weighted by molar-refractivity contribution is -0.116. The molecule has 0 aliphatic rings. The zero-order chi connectivity index (χ0) is 16.7. The molecular weight excluding hydrogens is 292 g/mol. The number of anilines is 1. The fourth-order valence-electron chi connectivity index (χ4n) is 1.99. The van der Waals surface area contributed by atoms with Gasteiger partial charge in [0.15, 0.2) is 0 Å². The van der Waals surface area contributed by atoms with Gasteiger partial charge in [0.1, 0.15) is 17.2 Å². The van der Waals surface area contributed by atoms with E-state index in [9.17, 15) is 4.79 Å². The quantitative estimate of drug-likeness (QED) is 0.819. The second-order valence-corrected chi connectivity index (χ2v) is 5.37. The van der Waals surface area contributed by atoms with Crippen molar-refractivity contribution < 1.29 is 14.3 Å². The van der Waals surface area contributed by atoms with Crippen molar-refractivity contribution in [2.45, 2.75) is 25.8 Å². The van der Waals surface area contributed by atoms with E-state index in [1.54, 1.807) is 31.4 Å². The van der Waals surface area contributed by atoms with Crippen molar-refractivity contribution in [2.75, 3.05) is 12.4 Å². The van der Waals surface area contributed by atoms with Gasteiger partial charge >= 0.3 is 0 Å². The molecule has 0 spiro atoms. The lowest BCUT2D eigenvalue weighted by Gasteiger charge is -2.09. The third kappa shape index (κ3) is 5.64. The van der Waals surface area contributed by atoms with Gasteiger partial charge < -0.3 is 20.5 Å². The lowest BCUT2D eigenvalue weighted by Crippen LogP contribution is -2.19. The maximum Gasteiger partial charge on any atom is 0.224 e. The SMILES string of the molecule is COc1cccc(Oc2ccc(NC(=O)CCC(C)N)cc2)c1. The summed E-state index contributed by atoms with van der Waals surface area (Å²) in [5.41, 5.74) is 6.38. The van der Waals surface area contributed by atoms with Crippen LogP contribution in [0.3, 0.4) is 0 Å². The van der Waals surface area contributed by atoms with Crippen LogP contribution in [0.4, 0.5) is 5.69 Å². The van der Waals surface area contributed by atoms with E-state index in [1.807, 2.05) is 31.2 Å². The number of benzene rings is 2. The van der Waals surface area contributed by atoms with Gasteiger partial charge in [-0.3, -0.25) is 4.79 Å². The third-order valence-corrected chi connectivity index (χ3v) is 3.24. The molecule has 5 heteroatoms. The molecule has 0 aliphatic heterocycles.